The minimum absolute atomic E-state index is 0.0270. The molecule has 2 aromatic carbocycles. The summed E-state index contributed by atoms with van der Waals surface area (Å²) in [6, 6.07) is 12.6. The second-order valence-electron chi connectivity index (χ2n) is 9.70. The van der Waals surface area contributed by atoms with Crippen LogP contribution in [0, 0.1) is 0 Å². The van der Waals surface area contributed by atoms with Gasteiger partial charge in [0.05, 0.1) is 6.61 Å². The maximum Gasteiger partial charge on any atom is 0.508 e. The van der Waals surface area contributed by atoms with E-state index < -0.39 is 15.0 Å². The van der Waals surface area contributed by atoms with Crippen LogP contribution in [-0.4, -0.2) is 54.5 Å². The molecule has 0 saturated carbocycles. The molecule has 1 aliphatic carbocycles. The van der Waals surface area contributed by atoms with Crippen molar-refractivity contribution in [2.75, 3.05) is 27.9 Å². The van der Waals surface area contributed by atoms with Crippen LogP contribution >= 0.6 is 0 Å². The van der Waals surface area contributed by atoms with Crippen LogP contribution in [-0.2, 0) is 29.4 Å². The van der Waals surface area contributed by atoms with Crippen LogP contribution in [0.5, 0.6) is 0 Å². The van der Waals surface area contributed by atoms with Crippen molar-refractivity contribution in [1.29, 1.82) is 0 Å². The molecule has 2 aromatic rings. The molecule has 39 heavy (non-hydrogen) atoms. The van der Waals surface area contributed by atoms with Crippen molar-refractivity contribution in [1.82, 2.24) is 0 Å². The largest absolute Gasteiger partial charge is 0.508 e. The summed E-state index contributed by atoms with van der Waals surface area (Å²) in [6.45, 7) is 0.289. The lowest BCUT2D eigenvalue weighted by Crippen LogP contribution is -2.42. The molecular formula is C30H40O8Si. The first-order valence-corrected chi connectivity index (χ1v) is 15.6. The fourth-order valence-corrected chi connectivity index (χ4v) is 6.61. The molecule has 0 fully saturated rings. The number of hydrogen-bond acceptors (Lipinski definition) is 8. The Balaban J connectivity index is 1.23. The van der Waals surface area contributed by atoms with Crippen LogP contribution in [0.15, 0.2) is 42.5 Å². The first-order valence-electron chi connectivity index (χ1n) is 13.7. The Morgan fingerprint density at radius 3 is 1.74 bits per heavy atom. The highest BCUT2D eigenvalue weighted by molar-refractivity contribution is 6.60. The highest BCUT2D eigenvalue weighted by Gasteiger charge is 2.36. The third kappa shape index (κ3) is 8.56. The zero-order valence-corrected chi connectivity index (χ0v) is 24.3. The third-order valence-electron chi connectivity index (χ3n) is 7.13. The summed E-state index contributed by atoms with van der Waals surface area (Å²) in [5.74, 6) is -0.374. The summed E-state index contributed by atoms with van der Waals surface area (Å²) in [6.07, 6.45) is 9.13. The Bertz CT molecular complexity index is 1100. The van der Waals surface area contributed by atoms with Crippen LogP contribution in [0.25, 0.3) is 0 Å². The number of carbonyl (C=O) groups excluding carboxylic acids is 3. The lowest BCUT2D eigenvalue weighted by Gasteiger charge is -2.24. The number of hydrogen-bond donors (Lipinski definition) is 0. The summed E-state index contributed by atoms with van der Waals surface area (Å²) in [4.78, 5) is 37.5. The third-order valence-corrected chi connectivity index (χ3v) is 9.96. The quantitative estimate of drug-likeness (QED) is 0.106. The fraction of sp³-hybridized carbons (Fsp3) is 0.500. The molecule has 0 bridgehead atoms. The van der Waals surface area contributed by atoms with Gasteiger partial charge in [-0.25, -0.2) is 4.79 Å². The van der Waals surface area contributed by atoms with Crippen LogP contribution < -0.4 is 0 Å². The van der Waals surface area contributed by atoms with Crippen molar-refractivity contribution in [2.45, 2.75) is 70.4 Å². The van der Waals surface area contributed by atoms with Crippen molar-refractivity contribution in [3.63, 3.8) is 0 Å². The molecule has 0 aromatic heterocycles. The molecule has 0 N–H and O–H groups in total. The van der Waals surface area contributed by atoms with Crippen molar-refractivity contribution in [3.8, 4) is 0 Å². The Kier molecular flexibility index (Phi) is 12.3. The minimum Gasteiger partial charge on any atom is -0.434 e. The second-order valence-corrected chi connectivity index (χ2v) is 12.8. The van der Waals surface area contributed by atoms with Gasteiger partial charge in [0.1, 0.15) is 6.61 Å². The van der Waals surface area contributed by atoms with Crippen LogP contribution in [0.3, 0.4) is 0 Å². The summed E-state index contributed by atoms with van der Waals surface area (Å²) >= 11 is 0. The number of unbranched alkanes of at least 4 members (excludes halogenated alkanes) is 8. The average Bonchev–Trinajstić information content (AvgIpc) is 2.97. The van der Waals surface area contributed by atoms with Gasteiger partial charge in [-0.2, -0.15) is 0 Å². The van der Waals surface area contributed by atoms with Crippen molar-refractivity contribution in [3.05, 3.63) is 70.3 Å². The van der Waals surface area contributed by atoms with Gasteiger partial charge in [0.2, 0.25) is 0 Å². The minimum atomic E-state index is -2.43. The van der Waals surface area contributed by atoms with E-state index in [-0.39, 0.29) is 18.2 Å². The van der Waals surface area contributed by atoms with Crippen LogP contribution in [0.4, 0.5) is 4.79 Å². The normalized spacial score (nSPS) is 12.7. The van der Waals surface area contributed by atoms with Crippen molar-refractivity contribution < 1.29 is 37.1 Å². The maximum atomic E-state index is 12.8. The Labute approximate surface area is 232 Å². The van der Waals surface area contributed by atoms with E-state index in [0.717, 1.165) is 38.1 Å². The molecule has 212 valence electrons. The van der Waals surface area contributed by atoms with Crippen molar-refractivity contribution >= 4 is 26.5 Å². The number of benzene rings is 2. The van der Waals surface area contributed by atoms with Gasteiger partial charge in [-0.15, -0.1) is 0 Å². The molecule has 0 heterocycles. The van der Waals surface area contributed by atoms with E-state index in [9.17, 15) is 14.4 Å². The van der Waals surface area contributed by atoms with Gasteiger partial charge in [-0.3, -0.25) is 9.59 Å². The lowest BCUT2D eigenvalue weighted by atomic mass is 9.83. The molecule has 3 rings (SSSR count). The van der Waals surface area contributed by atoms with E-state index in [4.69, 9.17) is 22.8 Å². The van der Waals surface area contributed by atoms with E-state index >= 15 is 0 Å². The van der Waals surface area contributed by atoms with Gasteiger partial charge < -0.3 is 22.8 Å². The number of fused-ring (bicyclic) bond motifs is 2. The number of ketones is 2. The lowest BCUT2D eigenvalue weighted by molar-refractivity contribution is 0.0487. The standard InChI is InChI=1S/C30H40O8Si/c1-34-39(35-2,36-3)20-14-10-8-6-4-5-7-9-13-19-37-30(33)38-22-23-17-18-26-27(21-23)29(32)25-16-12-11-15-24(25)28(26)31/h11-12,15-18,21H,4-10,13-14,19-20,22H2,1-3H3. The zero-order valence-electron chi connectivity index (χ0n) is 23.3. The molecule has 0 radical (unpaired) electrons. The second kappa shape index (κ2) is 15.7. The van der Waals surface area contributed by atoms with E-state index in [2.05, 4.69) is 0 Å². The zero-order chi connectivity index (χ0) is 28.1. The van der Waals surface area contributed by atoms with E-state index in [1.165, 1.54) is 25.7 Å². The Morgan fingerprint density at radius 2 is 1.15 bits per heavy atom. The van der Waals surface area contributed by atoms with E-state index in [1.807, 2.05) is 0 Å². The predicted octanol–water partition coefficient (Wildman–Crippen LogP) is 6.50. The molecule has 0 unspecified atom stereocenters. The molecule has 0 spiro atoms. The van der Waals surface area contributed by atoms with Gasteiger partial charge in [0, 0.05) is 49.6 Å². The Hall–Kier alpha value is -2.85. The van der Waals surface area contributed by atoms with Gasteiger partial charge in [0.15, 0.2) is 11.6 Å². The Morgan fingerprint density at radius 1 is 0.641 bits per heavy atom. The van der Waals surface area contributed by atoms with Gasteiger partial charge >= 0.3 is 15.0 Å². The fourth-order valence-electron chi connectivity index (χ4n) is 4.81. The smallest absolute Gasteiger partial charge is 0.434 e. The SMILES string of the molecule is CO[Si](CCCCCCCCCCCOC(=O)OCc1ccc2c(c1)C(=O)c1ccccc1C2=O)(OC)OC. The van der Waals surface area contributed by atoms with Gasteiger partial charge in [-0.1, -0.05) is 75.3 Å². The number of ether oxygens (including phenoxy) is 2. The van der Waals surface area contributed by atoms with Gasteiger partial charge in [0.25, 0.3) is 0 Å². The molecular weight excluding hydrogens is 516 g/mol. The number of carbonyl (C=O) groups is 3. The first kappa shape index (κ1) is 30.7. The maximum absolute atomic E-state index is 12.8. The van der Waals surface area contributed by atoms with Crippen LogP contribution in [0.1, 0.15) is 95.2 Å². The predicted molar refractivity (Wildman–Crippen MR) is 149 cm³/mol. The first-order chi connectivity index (χ1) is 18.9. The average molecular weight is 557 g/mol. The summed E-state index contributed by atoms with van der Waals surface area (Å²) < 4.78 is 26.7. The van der Waals surface area contributed by atoms with Gasteiger partial charge in [-0.05, 0) is 30.5 Å². The summed E-state index contributed by atoms with van der Waals surface area (Å²) in [7, 11) is 2.52. The van der Waals surface area contributed by atoms with Crippen molar-refractivity contribution in [2.24, 2.45) is 0 Å². The molecule has 0 aliphatic heterocycles. The summed E-state index contributed by atoms with van der Waals surface area (Å²) in [5, 5.41) is 0. The summed E-state index contributed by atoms with van der Waals surface area (Å²) in [5.41, 5.74) is 2.14. The van der Waals surface area contributed by atoms with E-state index in [1.54, 1.807) is 63.8 Å². The molecule has 1 aliphatic rings. The molecule has 0 saturated heterocycles. The monoisotopic (exact) mass is 556 g/mol. The topological polar surface area (TPSA) is 97.4 Å². The molecule has 0 amide bonds. The highest BCUT2D eigenvalue weighted by atomic mass is 28.4. The molecule has 0 atom stereocenters. The van der Waals surface area contributed by atoms with Crippen LogP contribution in [0.2, 0.25) is 6.04 Å². The molecule has 8 nitrogen and oxygen atoms in total. The van der Waals surface area contributed by atoms with E-state index in [0.29, 0.717) is 34.4 Å². The highest BCUT2D eigenvalue weighted by Crippen LogP contribution is 2.28. The molecule has 9 heteroatoms. The number of rotatable bonds is 17.